The maximum Gasteiger partial charge on any atom is 0.252 e. The van der Waals surface area contributed by atoms with Crippen LogP contribution in [0.15, 0.2) is 44.4 Å². The van der Waals surface area contributed by atoms with Crippen LogP contribution >= 0.6 is 27.3 Å². The van der Waals surface area contributed by atoms with Gasteiger partial charge in [-0.2, -0.15) is 4.31 Å². The van der Waals surface area contributed by atoms with E-state index in [1.165, 1.54) is 15.6 Å². The van der Waals surface area contributed by atoms with Crippen molar-refractivity contribution >= 4 is 48.9 Å². The van der Waals surface area contributed by atoms with Crippen molar-refractivity contribution in [3.63, 3.8) is 0 Å². The molecule has 1 amide bonds. The molecule has 7 nitrogen and oxygen atoms in total. The Morgan fingerprint density at radius 2 is 1.89 bits per heavy atom. The zero-order chi connectivity index (χ0) is 20.1. The molecule has 28 heavy (non-hydrogen) atoms. The minimum Gasteiger partial charge on any atom is -0.492 e. The molecular weight excluding hydrogens is 466 g/mol. The number of halogens is 1. The molecule has 0 radical (unpaired) electrons. The summed E-state index contributed by atoms with van der Waals surface area (Å²) in [6.45, 7) is 4.35. The second-order valence-electron chi connectivity index (χ2n) is 6.22. The van der Waals surface area contributed by atoms with Gasteiger partial charge < -0.3 is 10.1 Å². The minimum atomic E-state index is -3.48. The Kier molecular flexibility index (Phi) is 7.10. The van der Waals surface area contributed by atoms with Crippen LogP contribution in [0.5, 0.6) is 5.75 Å². The molecule has 1 N–H and O–H groups in total. The predicted molar refractivity (Wildman–Crippen MR) is 113 cm³/mol. The van der Waals surface area contributed by atoms with Crippen molar-refractivity contribution in [1.82, 2.24) is 9.21 Å². The number of nitrogens with zero attached hydrogens (tertiary/aromatic N) is 2. The summed E-state index contributed by atoms with van der Waals surface area (Å²) in [6.07, 6.45) is 0. The Morgan fingerprint density at radius 1 is 1.18 bits per heavy atom. The van der Waals surface area contributed by atoms with Gasteiger partial charge in [0.25, 0.3) is 10.0 Å². The standard InChI is InChI=1S/C18H22BrN3O4S2/c1-2-26-15-6-4-3-5-14(15)20-17(23)13-21-9-11-22(12-10-21)28(24,25)18-8-7-16(19)27-18/h3-8H,2,9-13H2,1H3,(H,20,23). The number of amides is 1. The SMILES string of the molecule is CCOc1ccccc1NC(=O)CN1CCN(S(=O)(=O)c2ccc(Br)s2)CC1. The van der Waals surface area contributed by atoms with Crippen LogP contribution in [0.1, 0.15) is 6.92 Å². The molecule has 2 aromatic rings. The average Bonchev–Trinajstić information content (AvgIpc) is 3.11. The third-order valence-electron chi connectivity index (χ3n) is 4.30. The predicted octanol–water partition coefficient (Wildman–Crippen LogP) is 2.85. The molecule has 0 aliphatic carbocycles. The number of anilines is 1. The van der Waals surface area contributed by atoms with Gasteiger partial charge in [0, 0.05) is 26.2 Å². The smallest absolute Gasteiger partial charge is 0.252 e. The van der Waals surface area contributed by atoms with E-state index in [1.807, 2.05) is 30.0 Å². The van der Waals surface area contributed by atoms with Gasteiger partial charge in [0.15, 0.2) is 0 Å². The van der Waals surface area contributed by atoms with E-state index in [0.717, 1.165) is 3.79 Å². The summed E-state index contributed by atoms with van der Waals surface area (Å²) in [7, 11) is -3.48. The average molecular weight is 488 g/mol. The summed E-state index contributed by atoms with van der Waals surface area (Å²) in [5, 5.41) is 2.87. The third kappa shape index (κ3) is 5.12. The molecule has 0 bridgehead atoms. The highest BCUT2D eigenvalue weighted by Crippen LogP contribution is 2.29. The molecule has 1 aromatic carbocycles. The van der Waals surface area contributed by atoms with Crippen molar-refractivity contribution in [2.45, 2.75) is 11.1 Å². The van der Waals surface area contributed by atoms with Gasteiger partial charge in [-0.1, -0.05) is 12.1 Å². The second-order valence-corrected chi connectivity index (χ2v) is 10.8. The van der Waals surface area contributed by atoms with E-state index < -0.39 is 10.0 Å². The van der Waals surface area contributed by atoms with Crippen molar-refractivity contribution in [3.05, 3.63) is 40.2 Å². The molecule has 1 fully saturated rings. The number of ether oxygens (including phenoxy) is 1. The normalized spacial score (nSPS) is 16.1. The van der Waals surface area contributed by atoms with E-state index in [2.05, 4.69) is 21.2 Å². The Morgan fingerprint density at radius 3 is 2.54 bits per heavy atom. The molecule has 1 aliphatic rings. The molecule has 0 saturated carbocycles. The number of hydrogen-bond donors (Lipinski definition) is 1. The lowest BCUT2D eigenvalue weighted by molar-refractivity contribution is -0.117. The maximum atomic E-state index is 12.7. The largest absolute Gasteiger partial charge is 0.492 e. The van der Waals surface area contributed by atoms with Crippen LogP contribution in [0.2, 0.25) is 0 Å². The fourth-order valence-corrected chi connectivity index (χ4v) is 6.52. The number of carbonyl (C=O) groups excluding carboxylic acids is 1. The highest BCUT2D eigenvalue weighted by atomic mass is 79.9. The Labute approximate surface area is 177 Å². The van der Waals surface area contributed by atoms with E-state index in [4.69, 9.17) is 4.74 Å². The first-order chi connectivity index (χ1) is 13.4. The van der Waals surface area contributed by atoms with Crippen LogP contribution in [0.25, 0.3) is 0 Å². The number of benzene rings is 1. The first-order valence-corrected chi connectivity index (χ1v) is 11.9. The summed E-state index contributed by atoms with van der Waals surface area (Å²) >= 11 is 4.50. The summed E-state index contributed by atoms with van der Waals surface area (Å²) in [6, 6.07) is 10.6. The van der Waals surface area contributed by atoms with Crippen molar-refractivity contribution in [2.24, 2.45) is 0 Å². The van der Waals surface area contributed by atoms with Gasteiger partial charge >= 0.3 is 0 Å². The topological polar surface area (TPSA) is 79.0 Å². The van der Waals surface area contributed by atoms with Gasteiger partial charge in [0.1, 0.15) is 9.96 Å². The molecular formula is C18H22BrN3O4S2. The number of thiophene rings is 1. The van der Waals surface area contributed by atoms with Crippen molar-refractivity contribution in [3.8, 4) is 5.75 Å². The van der Waals surface area contributed by atoms with Crippen LogP contribution in [0.4, 0.5) is 5.69 Å². The zero-order valence-electron chi connectivity index (χ0n) is 15.4. The number of para-hydroxylation sites is 2. The molecule has 0 atom stereocenters. The van der Waals surface area contributed by atoms with Crippen LogP contribution in [0, 0.1) is 0 Å². The lowest BCUT2D eigenvalue weighted by Crippen LogP contribution is -2.50. The number of sulfonamides is 1. The second kappa shape index (κ2) is 9.36. The molecule has 152 valence electrons. The first kappa shape index (κ1) is 21.3. The summed E-state index contributed by atoms with van der Waals surface area (Å²) < 4.78 is 33.5. The lowest BCUT2D eigenvalue weighted by atomic mass is 10.3. The lowest BCUT2D eigenvalue weighted by Gasteiger charge is -2.33. The quantitative estimate of drug-likeness (QED) is 0.649. The van der Waals surface area contributed by atoms with E-state index >= 15 is 0 Å². The van der Waals surface area contributed by atoms with Crippen LogP contribution in [-0.2, 0) is 14.8 Å². The van der Waals surface area contributed by atoms with Gasteiger partial charge in [0.05, 0.1) is 22.6 Å². The molecule has 1 aliphatic heterocycles. The number of nitrogens with one attached hydrogen (secondary N) is 1. The van der Waals surface area contributed by atoms with Crippen molar-refractivity contribution in [1.29, 1.82) is 0 Å². The monoisotopic (exact) mass is 487 g/mol. The van der Waals surface area contributed by atoms with Crippen molar-refractivity contribution in [2.75, 3.05) is 44.6 Å². The summed E-state index contributed by atoms with van der Waals surface area (Å²) in [5.41, 5.74) is 0.638. The molecule has 0 unspecified atom stereocenters. The Bertz CT molecular complexity index is 924. The fourth-order valence-electron chi connectivity index (χ4n) is 2.94. The van der Waals surface area contributed by atoms with Crippen LogP contribution in [-0.4, -0.2) is 62.9 Å². The van der Waals surface area contributed by atoms with Crippen LogP contribution in [0.3, 0.4) is 0 Å². The summed E-state index contributed by atoms with van der Waals surface area (Å²) in [4.78, 5) is 14.3. The van der Waals surface area contributed by atoms with Gasteiger partial charge in [-0.15, -0.1) is 11.3 Å². The Balaban J connectivity index is 1.54. The first-order valence-electron chi connectivity index (χ1n) is 8.89. The van der Waals surface area contributed by atoms with E-state index in [-0.39, 0.29) is 12.5 Å². The molecule has 10 heteroatoms. The number of carbonyl (C=O) groups is 1. The molecule has 1 saturated heterocycles. The maximum absolute atomic E-state index is 12.7. The van der Waals surface area contributed by atoms with Crippen molar-refractivity contribution < 1.29 is 17.9 Å². The Hall–Kier alpha value is -1.46. The highest BCUT2D eigenvalue weighted by Gasteiger charge is 2.30. The van der Waals surface area contributed by atoms with Gasteiger partial charge in [0.2, 0.25) is 5.91 Å². The van der Waals surface area contributed by atoms with Gasteiger partial charge in [-0.3, -0.25) is 9.69 Å². The molecule has 0 spiro atoms. The van der Waals surface area contributed by atoms with E-state index in [1.54, 1.807) is 18.2 Å². The van der Waals surface area contributed by atoms with E-state index in [0.29, 0.717) is 48.4 Å². The number of rotatable bonds is 7. The zero-order valence-corrected chi connectivity index (χ0v) is 18.6. The van der Waals surface area contributed by atoms with Crippen LogP contribution < -0.4 is 10.1 Å². The number of hydrogen-bond acceptors (Lipinski definition) is 6. The van der Waals surface area contributed by atoms with Gasteiger partial charge in [-0.25, -0.2) is 8.42 Å². The molecule has 1 aromatic heterocycles. The number of piperazine rings is 1. The molecule has 2 heterocycles. The van der Waals surface area contributed by atoms with E-state index in [9.17, 15) is 13.2 Å². The molecule has 3 rings (SSSR count). The van der Waals surface area contributed by atoms with Gasteiger partial charge in [-0.05, 0) is 47.1 Å². The summed E-state index contributed by atoms with van der Waals surface area (Å²) in [5.74, 6) is 0.488. The highest BCUT2D eigenvalue weighted by molar-refractivity contribution is 9.11. The minimum absolute atomic E-state index is 0.148. The third-order valence-corrected chi connectivity index (χ3v) is 8.29. The fraction of sp³-hybridized carbons (Fsp3) is 0.389.